The number of likely N-dealkylation sites (N-methyl/N-ethyl adjacent to an activating group) is 1. The van der Waals surface area contributed by atoms with Gasteiger partial charge in [0.15, 0.2) is 0 Å². The molecular weight excluding hydrogens is 276 g/mol. The third kappa shape index (κ3) is 6.44. The van der Waals surface area contributed by atoms with Gasteiger partial charge in [0.2, 0.25) is 5.91 Å². The molecule has 0 aromatic carbocycles. The van der Waals surface area contributed by atoms with Gasteiger partial charge in [-0.1, -0.05) is 6.42 Å². The Morgan fingerprint density at radius 2 is 2.10 bits per heavy atom. The highest BCUT2D eigenvalue weighted by Crippen LogP contribution is 2.13. The first-order valence-electron chi connectivity index (χ1n) is 7.16. The van der Waals surface area contributed by atoms with E-state index in [1.165, 1.54) is 0 Å². The molecule has 1 heterocycles. The van der Waals surface area contributed by atoms with Gasteiger partial charge in [-0.05, 0) is 32.9 Å². The van der Waals surface area contributed by atoms with E-state index in [1.54, 1.807) is 0 Å². The minimum atomic E-state index is -1.18. The second kappa shape index (κ2) is 8.46. The lowest BCUT2D eigenvalue weighted by Gasteiger charge is -2.32. The number of carbonyl (C=O) groups excluding carboxylic acids is 2. The number of urea groups is 1. The maximum atomic E-state index is 11.7. The van der Waals surface area contributed by atoms with E-state index in [-0.39, 0.29) is 18.9 Å². The number of piperidine rings is 1. The molecule has 0 spiro atoms. The Morgan fingerprint density at radius 3 is 2.67 bits per heavy atom. The average Bonchev–Trinajstić information content (AvgIpc) is 2.42. The van der Waals surface area contributed by atoms with Crippen molar-refractivity contribution in [2.24, 2.45) is 5.73 Å². The molecule has 1 aliphatic rings. The summed E-state index contributed by atoms with van der Waals surface area (Å²) in [7, 11) is 2.01. The maximum absolute atomic E-state index is 11.7. The van der Waals surface area contributed by atoms with Gasteiger partial charge in [0.05, 0.1) is 0 Å². The Labute approximate surface area is 124 Å². The van der Waals surface area contributed by atoms with E-state index in [0.717, 1.165) is 25.8 Å². The Hall–Kier alpha value is -1.83. The quantitative estimate of drug-likeness (QED) is 0.504. The van der Waals surface area contributed by atoms with E-state index < -0.39 is 23.9 Å². The molecule has 3 amide bonds. The van der Waals surface area contributed by atoms with E-state index in [4.69, 9.17) is 10.8 Å². The third-order valence-corrected chi connectivity index (χ3v) is 3.70. The van der Waals surface area contributed by atoms with Crippen molar-refractivity contribution in [3.63, 3.8) is 0 Å². The number of primary amides is 1. The van der Waals surface area contributed by atoms with Gasteiger partial charge < -0.3 is 26.4 Å². The van der Waals surface area contributed by atoms with Gasteiger partial charge in [-0.15, -0.1) is 0 Å². The third-order valence-electron chi connectivity index (χ3n) is 3.70. The molecule has 1 fully saturated rings. The number of nitrogens with two attached hydrogens (primary N) is 1. The lowest BCUT2D eigenvalue weighted by Crippen LogP contribution is -2.50. The number of amides is 3. The van der Waals surface area contributed by atoms with Crippen molar-refractivity contribution in [3.8, 4) is 0 Å². The van der Waals surface area contributed by atoms with Gasteiger partial charge in [0.25, 0.3) is 0 Å². The topological polar surface area (TPSA) is 125 Å². The number of rotatable bonds is 7. The van der Waals surface area contributed by atoms with Gasteiger partial charge in [0, 0.05) is 19.0 Å². The molecule has 0 aromatic heterocycles. The van der Waals surface area contributed by atoms with Crippen molar-refractivity contribution in [3.05, 3.63) is 0 Å². The zero-order valence-electron chi connectivity index (χ0n) is 12.3. The number of aliphatic carboxylic acids is 1. The summed E-state index contributed by atoms with van der Waals surface area (Å²) < 4.78 is 0. The molecule has 8 heteroatoms. The van der Waals surface area contributed by atoms with Crippen LogP contribution in [0.25, 0.3) is 0 Å². The molecule has 21 heavy (non-hydrogen) atoms. The number of likely N-dealkylation sites (tertiary alicyclic amines) is 1. The van der Waals surface area contributed by atoms with E-state index in [9.17, 15) is 14.4 Å². The first-order valence-corrected chi connectivity index (χ1v) is 7.16. The van der Waals surface area contributed by atoms with E-state index >= 15 is 0 Å². The predicted octanol–water partition coefficient (Wildman–Crippen LogP) is -0.511. The lowest BCUT2D eigenvalue weighted by molar-refractivity contribution is -0.139. The highest BCUT2D eigenvalue weighted by molar-refractivity contribution is 5.83. The normalized spacial score (nSPS) is 20.5. The van der Waals surface area contributed by atoms with Crippen LogP contribution in [0.15, 0.2) is 0 Å². The van der Waals surface area contributed by atoms with Crippen LogP contribution in [0.3, 0.4) is 0 Å². The molecule has 1 aliphatic heterocycles. The number of carboxylic acid groups (broad SMARTS) is 1. The molecular formula is C13H24N4O4. The molecule has 0 aliphatic carbocycles. The molecule has 0 aromatic rings. The predicted molar refractivity (Wildman–Crippen MR) is 76.7 cm³/mol. The largest absolute Gasteiger partial charge is 0.480 e. The summed E-state index contributed by atoms with van der Waals surface area (Å²) in [5.41, 5.74) is 4.98. The highest BCUT2D eigenvalue weighted by Gasteiger charge is 2.22. The zero-order valence-corrected chi connectivity index (χ0v) is 12.3. The lowest BCUT2D eigenvalue weighted by atomic mass is 10.0. The summed E-state index contributed by atoms with van der Waals surface area (Å²) in [6.07, 6.45) is 3.22. The SMILES string of the molecule is CN1CCCCC1CNC(=O)N[C@@H](CCC(N)=O)C(=O)O. The first-order chi connectivity index (χ1) is 9.90. The van der Waals surface area contributed by atoms with E-state index in [0.29, 0.717) is 6.54 Å². The van der Waals surface area contributed by atoms with Crippen LogP contribution in [0, 0.1) is 0 Å². The van der Waals surface area contributed by atoms with Crippen LogP contribution < -0.4 is 16.4 Å². The van der Waals surface area contributed by atoms with Gasteiger partial charge >= 0.3 is 12.0 Å². The van der Waals surface area contributed by atoms with E-state index in [2.05, 4.69) is 15.5 Å². The first kappa shape index (κ1) is 17.2. The number of hydrogen-bond acceptors (Lipinski definition) is 4. The Kier molecular flexibility index (Phi) is 6.93. The summed E-state index contributed by atoms with van der Waals surface area (Å²) >= 11 is 0. The van der Waals surface area contributed by atoms with Crippen molar-refractivity contribution < 1.29 is 19.5 Å². The number of nitrogens with zero attached hydrogens (tertiary/aromatic N) is 1. The summed E-state index contributed by atoms with van der Waals surface area (Å²) in [6, 6.07) is -1.37. The van der Waals surface area contributed by atoms with Crippen molar-refractivity contribution in [2.75, 3.05) is 20.1 Å². The second-order valence-corrected chi connectivity index (χ2v) is 5.38. The van der Waals surface area contributed by atoms with Crippen LogP contribution >= 0.6 is 0 Å². The number of carboxylic acids is 1. The Morgan fingerprint density at radius 1 is 1.38 bits per heavy atom. The van der Waals surface area contributed by atoms with Crippen molar-refractivity contribution in [2.45, 2.75) is 44.2 Å². The van der Waals surface area contributed by atoms with Crippen LogP contribution in [0.1, 0.15) is 32.1 Å². The molecule has 0 radical (unpaired) electrons. The van der Waals surface area contributed by atoms with Gasteiger partial charge in [-0.25, -0.2) is 9.59 Å². The molecule has 120 valence electrons. The summed E-state index contributed by atoms with van der Waals surface area (Å²) in [5.74, 6) is -1.77. The molecule has 0 bridgehead atoms. The fourth-order valence-corrected chi connectivity index (χ4v) is 2.37. The molecule has 2 atom stereocenters. The van der Waals surface area contributed by atoms with Crippen LogP contribution in [0.4, 0.5) is 4.79 Å². The molecule has 8 nitrogen and oxygen atoms in total. The molecule has 0 saturated carbocycles. The zero-order chi connectivity index (χ0) is 15.8. The smallest absolute Gasteiger partial charge is 0.326 e. The van der Waals surface area contributed by atoms with Crippen molar-refractivity contribution >= 4 is 17.9 Å². The Balaban J connectivity index is 2.35. The van der Waals surface area contributed by atoms with Crippen LogP contribution in [0.2, 0.25) is 0 Å². The van der Waals surface area contributed by atoms with Gasteiger partial charge in [0.1, 0.15) is 6.04 Å². The van der Waals surface area contributed by atoms with Gasteiger partial charge in [-0.3, -0.25) is 4.79 Å². The minimum absolute atomic E-state index is 0.0125. The maximum Gasteiger partial charge on any atom is 0.326 e. The highest BCUT2D eigenvalue weighted by atomic mass is 16.4. The number of hydrogen-bond donors (Lipinski definition) is 4. The molecule has 5 N–H and O–H groups in total. The fraction of sp³-hybridized carbons (Fsp3) is 0.769. The standard InChI is InChI=1S/C13H24N4O4/c1-17-7-3-2-4-9(17)8-15-13(21)16-10(12(19)20)5-6-11(14)18/h9-10H,2-8H2,1H3,(H2,14,18)(H,19,20)(H2,15,16,21)/t9?,10-/m0/s1. The Bertz CT molecular complexity index is 388. The molecule has 1 rings (SSSR count). The number of nitrogens with one attached hydrogen (secondary N) is 2. The van der Waals surface area contributed by atoms with Crippen LogP contribution in [0.5, 0.6) is 0 Å². The number of carbonyl (C=O) groups is 3. The summed E-state index contributed by atoms with van der Waals surface area (Å²) in [5, 5.41) is 14.0. The van der Waals surface area contributed by atoms with Crippen molar-refractivity contribution in [1.82, 2.24) is 15.5 Å². The molecule has 1 saturated heterocycles. The monoisotopic (exact) mass is 300 g/mol. The second-order valence-electron chi connectivity index (χ2n) is 5.38. The van der Waals surface area contributed by atoms with Crippen LogP contribution in [-0.2, 0) is 9.59 Å². The summed E-state index contributed by atoms with van der Waals surface area (Å²) in [6.45, 7) is 1.48. The minimum Gasteiger partial charge on any atom is -0.480 e. The summed E-state index contributed by atoms with van der Waals surface area (Å²) in [4.78, 5) is 35.6. The fourth-order valence-electron chi connectivity index (χ4n) is 2.37. The van der Waals surface area contributed by atoms with E-state index in [1.807, 2.05) is 7.05 Å². The average molecular weight is 300 g/mol. The van der Waals surface area contributed by atoms with Crippen LogP contribution in [-0.4, -0.2) is 60.1 Å². The van der Waals surface area contributed by atoms with Crippen molar-refractivity contribution in [1.29, 1.82) is 0 Å². The molecule has 1 unspecified atom stereocenters. The van der Waals surface area contributed by atoms with Gasteiger partial charge in [-0.2, -0.15) is 0 Å².